The number of Topliss-reactive ketones (excluding diaryl/α,β-unsaturated/α-hetero) is 1. The molecule has 0 bridgehead atoms. The molecule has 2 aliphatic carbocycles. The van der Waals surface area contributed by atoms with Gasteiger partial charge in [-0.05, 0) is 61.2 Å². The van der Waals surface area contributed by atoms with Gasteiger partial charge in [-0.1, -0.05) is 73.1 Å². The van der Waals surface area contributed by atoms with E-state index in [0.717, 1.165) is 57.8 Å². The molecule has 0 aromatic carbocycles. The summed E-state index contributed by atoms with van der Waals surface area (Å²) < 4.78 is 0. The molecule has 264 valence electrons. The number of hydrogen-bond acceptors (Lipinski definition) is 6. The number of nitrogens with two attached hydrogens (primary N) is 1. The van der Waals surface area contributed by atoms with Crippen molar-refractivity contribution < 1.29 is 28.8 Å². The molecule has 2 heterocycles. The van der Waals surface area contributed by atoms with Crippen LogP contribution in [0.2, 0.25) is 0 Å². The third-order valence-electron chi connectivity index (χ3n) is 11.0. The van der Waals surface area contributed by atoms with E-state index in [1.54, 1.807) is 4.90 Å². The van der Waals surface area contributed by atoms with E-state index in [0.29, 0.717) is 45.3 Å². The number of piperidine rings is 1. The maximum absolute atomic E-state index is 14.3. The van der Waals surface area contributed by atoms with E-state index in [1.165, 1.54) is 0 Å². The second-order valence-electron chi connectivity index (χ2n) is 16.4. The third kappa shape index (κ3) is 9.69. The van der Waals surface area contributed by atoms with Crippen molar-refractivity contribution in [2.45, 2.75) is 142 Å². The molecule has 47 heavy (non-hydrogen) atoms. The van der Waals surface area contributed by atoms with Gasteiger partial charge in [-0.15, -0.1) is 0 Å². The molecule has 0 radical (unpaired) electrons. The van der Waals surface area contributed by atoms with Crippen molar-refractivity contribution in [2.75, 3.05) is 19.6 Å². The van der Waals surface area contributed by atoms with E-state index in [2.05, 4.69) is 29.8 Å². The number of nitrogens with one attached hydrogen (secondary N) is 3. The number of urea groups is 1. The quantitative estimate of drug-likeness (QED) is 0.235. The van der Waals surface area contributed by atoms with Crippen LogP contribution in [0.25, 0.3) is 0 Å². The van der Waals surface area contributed by atoms with Gasteiger partial charge in [0.2, 0.25) is 23.5 Å². The van der Waals surface area contributed by atoms with Crippen LogP contribution in [0.5, 0.6) is 0 Å². The molecule has 4 rings (SSSR count). The molecule has 4 fully saturated rings. The molecular weight excluding hydrogens is 600 g/mol. The highest BCUT2D eigenvalue weighted by Crippen LogP contribution is 2.33. The summed E-state index contributed by atoms with van der Waals surface area (Å²) in [4.78, 5) is 82.2. The average Bonchev–Trinajstić information content (AvgIpc) is 3.47. The predicted molar refractivity (Wildman–Crippen MR) is 178 cm³/mol. The molecule has 2 saturated carbocycles. The van der Waals surface area contributed by atoms with Gasteiger partial charge in [0.25, 0.3) is 5.91 Å². The van der Waals surface area contributed by atoms with E-state index < -0.39 is 41.8 Å². The number of rotatable bonds is 12. The molecular formula is C35H58N6O6. The van der Waals surface area contributed by atoms with Crippen LogP contribution >= 0.6 is 0 Å². The SMILES string of the molecule is CC1(C)CCN(C[C@@H](NC(=O)N[C@H](C(=O)N2CCC[C@H]2C(=O)NC(CC2CCC2)C(=O)C(N)=O)C2CCCCC2)C(C)(C)C)C(=O)C1. The second kappa shape index (κ2) is 15.4. The van der Waals surface area contributed by atoms with Gasteiger partial charge in [-0.2, -0.15) is 0 Å². The maximum Gasteiger partial charge on any atom is 0.315 e. The van der Waals surface area contributed by atoms with Gasteiger partial charge in [0.05, 0.1) is 12.1 Å². The van der Waals surface area contributed by atoms with Gasteiger partial charge in [0, 0.05) is 26.1 Å². The number of hydrogen-bond donors (Lipinski definition) is 4. The number of primary amides is 1. The molecule has 2 aliphatic heterocycles. The summed E-state index contributed by atoms with van der Waals surface area (Å²) >= 11 is 0. The first-order valence-electron chi connectivity index (χ1n) is 17.8. The molecule has 0 aromatic heterocycles. The Morgan fingerprint density at radius 1 is 0.894 bits per heavy atom. The molecule has 4 aliphatic rings. The number of carbonyl (C=O) groups is 6. The second-order valence-corrected chi connectivity index (χ2v) is 16.4. The summed E-state index contributed by atoms with van der Waals surface area (Å²) in [5, 5.41) is 8.87. The third-order valence-corrected chi connectivity index (χ3v) is 11.0. The van der Waals surface area contributed by atoms with Crippen LogP contribution < -0.4 is 21.7 Å². The van der Waals surface area contributed by atoms with Crippen LogP contribution in [0.15, 0.2) is 0 Å². The Balaban J connectivity index is 1.46. The largest absolute Gasteiger partial charge is 0.363 e. The Morgan fingerprint density at radius 2 is 1.57 bits per heavy atom. The Labute approximate surface area is 280 Å². The van der Waals surface area contributed by atoms with E-state index in [1.807, 2.05) is 25.7 Å². The van der Waals surface area contributed by atoms with Crippen molar-refractivity contribution in [2.24, 2.45) is 28.4 Å². The predicted octanol–water partition coefficient (Wildman–Crippen LogP) is 3.02. The average molecular weight is 659 g/mol. The Hall–Kier alpha value is -3.18. The minimum Gasteiger partial charge on any atom is -0.363 e. The lowest BCUT2D eigenvalue weighted by atomic mass is 9.80. The summed E-state index contributed by atoms with van der Waals surface area (Å²) in [5.41, 5.74) is 4.91. The van der Waals surface area contributed by atoms with Crippen LogP contribution in [0.1, 0.15) is 118 Å². The lowest BCUT2D eigenvalue weighted by Gasteiger charge is -2.41. The zero-order valence-corrected chi connectivity index (χ0v) is 29.2. The zero-order valence-electron chi connectivity index (χ0n) is 29.2. The van der Waals surface area contributed by atoms with Gasteiger partial charge in [0.1, 0.15) is 12.1 Å². The highest BCUT2D eigenvalue weighted by molar-refractivity contribution is 6.37. The van der Waals surface area contributed by atoms with Crippen molar-refractivity contribution in [3.05, 3.63) is 0 Å². The van der Waals surface area contributed by atoms with Crippen molar-refractivity contribution in [1.82, 2.24) is 25.8 Å². The molecule has 0 spiro atoms. The summed E-state index contributed by atoms with van der Waals surface area (Å²) in [7, 11) is 0. The first kappa shape index (κ1) is 36.7. The number of likely N-dealkylation sites (tertiary alicyclic amines) is 2. The summed E-state index contributed by atoms with van der Waals surface area (Å²) in [5.74, 6) is -2.41. The monoisotopic (exact) mass is 658 g/mol. The molecule has 2 saturated heterocycles. The lowest BCUT2D eigenvalue weighted by Crippen LogP contribution is -2.61. The van der Waals surface area contributed by atoms with Crippen molar-refractivity contribution >= 4 is 35.4 Å². The maximum atomic E-state index is 14.3. The minimum absolute atomic E-state index is 0.0393. The minimum atomic E-state index is -1.08. The van der Waals surface area contributed by atoms with Gasteiger partial charge in [-0.3, -0.25) is 24.0 Å². The van der Waals surface area contributed by atoms with Gasteiger partial charge >= 0.3 is 6.03 Å². The number of ketones is 1. The van der Waals surface area contributed by atoms with E-state index in [9.17, 15) is 28.8 Å². The molecule has 12 nitrogen and oxygen atoms in total. The van der Waals surface area contributed by atoms with Gasteiger partial charge in [-0.25, -0.2) is 4.79 Å². The van der Waals surface area contributed by atoms with Crippen LogP contribution in [0.4, 0.5) is 4.79 Å². The molecule has 1 unspecified atom stereocenters. The Bertz CT molecular complexity index is 1190. The smallest absolute Gasteiger partial charge is 0.315 e. The number of carbonyl (C=O) groups excluding carboxylic acids is 6. The first-order chi connectivity index (χ1) is 22.1. The fourth-order valence-electron chi connectivity index (χ4n) is 7.53. The molecule has 4 atom stereocenters. The van der Waals surface area contributed by atoms with E-state index >= 15 is 0 Å². The molecule has 5 N–H and O–H groups in total. The lowest BCUT2D eigenvalue weighted by molar-refractivity contribution is -0.143. The fraction of sp³-hybridized carbons (Fsp3) is 0.829. The van der Waals surface area contributed by atoms with Crippen LogP contribution in [-0.4, -0.2) is 89.0 Å². The number of amides is 6. The normalized spacial score (nSPS) is 24.1. The topological polar surface area (TPSA) is 171 Å². The molecule has 0 aromatic rings. The van der Waals surface area contributed by atoms with E-state index in [4.69, 9.17) is 5.73 Å². The van der Waals surface area contributed by atoms with Gasteiger partial charge < -0.3 is 31.5 Å². The van der Waals surface area contributed by atoms with E-state index in [-0.39, 0.29) is 40.5 Å². The highest BCUT2D eigenvalue weighted by atomic mass is 16.2. The van der Waals surface area contributed by atoms with Crippen molar-refractivity contribution in [3.63, 3.8) is 0 Å². The summed E-state index contributed by atoms with van der Waals surface area (Å²) in [6.45, 7) is 11.6. The van der Waals surface area contributed by atoms with Crippen LogP contribution in [0, 0.1) is 22.7 Å². The summed E-state index contributed by atoms with van der Waals surface area (Å²) in [6, 6.07) is -3.45. The Morgan fingerprint density at radius 3 is 2.15 bits per heavy atom. The van der Waals surface area contributed by atoms with Crippen LogP contribution in [-0.2, 0) is 24.0 Å². The zero-order chi connectivity index (χ0) is 34.5. The highest BCUT2D eigenvalue weighted by Gasteiger charge is 2.43. The molecule has 12 heteroatoms. The fourth-order valence-corrected chi connectivity index (χ4v) is 7.53. The molecule has 6 amide bonds. The number of nitrogens with zero attached hydrogens (tertiary/aromatic N) is 2. The van der Waals surface area contributed by atoms with Gasteiger partial charge in [0.15, 0.2) is 0 Å². The standard InChI is InChI=1S/C35H58N6O6/c1-34(2,3)26(21-40-18-16-35(4,5)20-27(40)42)38-33(47)39-28(23-13-7-6-8-14-23)32(46)41-17-10-15-25(41)31(45)37-24(29(43)30(36)44)19-22-11-9-12-22/h22-26,28H,6-21H2,1-5H3,(H2,36,44)(H,37,45)(H2,38,39,47)/t24?,25-,26+,28-/m0/s1. The summed E-state index contributed by atoms with van der Waals surface area (Å²) in [6.07, 6.45) is 10.2. The van der Waals surface area contributed by atoms with Crippen molar-refractivity contribution in [3.8, 4) is 0 Å². The first-order valence-corrected chi connectivity index (χ1v) is 17.8. The van der Waals surface area contributed by atoms with Crippen LogP contribution in [0.3, 0.4) is 0 Å². The van der Waals surface area contributed by atoms with Crippen molar-refractivity contribution in [1.29, 1.82) is 0 Å². The Kier molecular flexibility index (Phi) is 12.0.